The van der Waals surface area contributed by atoms with Crippen LogP contribution >= 0.6 is 23.2 Å². The normalized spacial score (nSPS) is 12.9. The first kappa shape index (κ1) is 24.7. The third kappa shape index (κ3) is 5.63. The Kier molecular flexibility index (Phi) is 7.38. The molecule has 0 radical (unpaired) electrons. The summed E-state index contributed by atoms with van der Waals surface area (Å²) in [5.41, 5.74) is 3.11. The fraction of sp³-hybridized carbons (Fsp3) is 0.231. The largest absolute Gasteiger partial charge is 0.377 e. The van der Waals surface area contributed by atoms with E-state index in [1.807, 2.05) is 38.2 Å². The molecule has 0 saturated carbocycles. The Bertz CT molecular complexity index is 1290. The van der Waals surface area contributed by atoms with Crippen LogP contribution in [-0.4, -0.2) is 61.6 Å². The molecule has 35 heavy (non-hydrogen) atoms. The molecule has 0 unspecified atom stereocenters. The molecular formula is C26H25Cl2N5O2. The zero-order valence-electron chi connectivity index (χ0n) is 19.7. The van der Waals surface area contributed by atoms with E-state index < -0.39 is 5.91 Å². The van der Waals surface area contributed by atoms with Crippen molar-refractivity contribution >= 4 is 52.2 Å². The SMILES string of the molecule is CN1CCN=C1c1ccc(C(=O)Cc2c(C(=O)Nc3ccc(Cl)cn3)cc(Cl)cc2N(C)C)cc1. The summed E-state index contributed by atoms with van der Waals surface area (Å²) in [5, 5.41) is 3.62. The molecule has 0 spiro atoms. The molecule has 0 aliphatic carbocycles. The number of amidine groups is 1. The number of carbonyl (C=O) groups is 2. The first-order valence-electron chi connectivity index (χ1n) is 11.0. The predicted molar refractivity (Wildman–Crippen MR) is 141 cm³/mol. The summed E-state index contributed by atoms with van der Waals surface area (Å²) in [6, 6.07) is 14.0. The van der Waals surface area contributed by atoms with Gasteiger partial charge in [-0.15, -0.1) is 0 Å². The summed E-state index contributed by atoms with van der Waals surface area (Å²) in [4.78, 5) is 39.1. The molecule has 0 bridgehead atoms. The van der Waals surface area contributed by atoms with Crippen LogP contribution in [0.5, 0.6) is 0 Å². The van der Waals surface area contributed by atoms with Gasteiger partial charge >= 0.3 is 0 Å². The van der Waals surface area contributed by atoms with Crippen LogP contribution in [0.4, 0.5) is 11.5 Å². The van der Waals surface area contributed by atoms with Crippen LogP contribution in [0.2, 0.25) is 10.0 Å². The number of rotatable bonds is 7. The van der Waals surface area contributed by atoms with E-state index in [1.54, 1.807) is 36.4 Å². The minimum atomic E-state index is -0.411. The smallest absolute Gasteiger partial charge is 0.257 e. The molecule has 9 heteroatoms. The van der Waals surface area contributed by atoms with Crippen molar-refractivity contribution in [1.82, 2.24) is 9.88 Å². The van der Waals surface area contributed by atoms with Gasteiger partial charge in [0, 0.05) is 67.7 Å². The molecular weight excluding hydrogens is 485 g/mol. The summed E-state index contributed by atoms with van der Waals surface area (Å²) >= 11 is 12.2. The van der Waals surface area contributed by atoms with E-state index in [9.17, 15) is 9.59 Å². The van der Waals surface area contributed by atoms with Crippen molar-refractivity contribution in [2.24, 2.45) is 4.99 Å². The average molecular weight is 510 g/mol. The molecule has 1 aliphatic rings. The number of nitrogens with one attached hydrogen (secondary N) is 1. The van der Waals surface area contributed by atoms with Crippen LogP contribution in [0.3, 0.4) is 0 Å². The molecule has 4 rings (SSSR count). The highest BCUT2D eigenvalue weighted by Crippen LogP contribution is 2.30. The summed E-state index contributed by atoms with van der Waals surface area (Å²) in [7, 11) is 5.69. The molecule has 180 valence electrons. The number of amides is 1. The number of anilines is 2. The van der Waals surface area contributed by atoms with Crippen molar-refractivity contribution in [3.05, 3.63) is 87.0 Å². The molecule has 7 nitrogen and oxygen atoms in total. The fourth-order valence-electron chi connectivity index (χ4n) is 3.96. The Morgan fingerprint density at radius 1 is 1.06 bits per heavy atom. The van der Waals surface area contributed by atoms with Gasteiger partial charge < -0.3 is 15.1 Å². The molecule has 1 aliphatic heterocycles. The van der Waals surface area contributed by atoms with E-state index in [1.165, 1.54) is 6.20 Å². The van der Waals surface area contributed by atoms with Gasteiger partial charge in [0.25, 0.3) is 5.91 Å². The van der Waals surface area contributed by atoms with Gasteiger partial charge in [0.15, 0.2) is 5.78 Å². The van der Waals surface area contributed by atoms with Crippen molar-refractivity contribution in [2.75, 3.05) is 44.4 Å². The maximum Gasteiger partial charge on any atom is 0.257 e. The molecule has 0 saturated heterocycles. The number of aromatic nitrogens is 1. The Morgan fingerprint density at radius 2 is 1.80 bits per heavy atom. The lowest BCUT2D eigenvalue weighted by Crippen LogP contribution is -2.23. The highest BCUT2D eigenvalue weighted by molar-refractivity contribution is 6.31. The Labute approximate surface area is 214 Å². The van der Waals surface area contributed by atoms with Crippen molar-refractivity contribution in [2.45, 2.75) is 6.42 Å². The third-order valence-electron chi connectivity index (χ3n) is 5.75. The second kappa shape index (κ2) is 10.5. The Morgan fingerprint density at radius 3 is 2.40 bits per heavy atom. The van der Waals surface area contributed by atoms with Crippen molar-refractivity contribution in [1.29, 1.82) is 0 Å². The number of carbonyl (C=O) groups excluding carboxylic acids is 2. The Hall–Kier alpha value is -3.42. The van der Waals surface area contributed by atoms with Gasteiger partial charge in [0.1, 0.15) is 11.7 Å². The number of pyridine rings is 1. The van der Waals surface area contributed by atoms with E-state index >= 15 is 0 Å². The molecule has 1 N–H and O–H groups in total. The third-order valence-corrected chi connectivity index (χ3v) is 6.19. The number of hydrogen-bond acceptors (Lipinski definition) is 6. The summed E-state index contributed by atoms with van der Waals surface area (Å²) < 4.78 is 0. The van der Waals surface area contributed by atoms with Crippen LogP contribution in [0.1, 0.15) is 31.8 Å². The van der Waals surface area contributed by atoms with Crippen molar-refractivity contribution in [3.63, 3.8) is 0 Å². The van der Waals surface area contributed by atoms with Crippen LogP contribution in [0.25, 0.3) is 0 Å². The van der Waals surface area contributed by atoms with Gasteiger partial charge in [0.05, 0.1) is 11.6 Å². The van der Waals surface area contributed by atoms with E-state index in [0.717, 1.165) is 24.5 Å². The van der Waals surface area contributed by atoms with Crippen LogP contribution in [0.15, 0.2) is 59.7 Å². The number of halogens is 2. The highest BCUT2D eigenvalue weighted by Gasteiger charge is 2.22. The fourth-order valence-corrected chi connectivity index (χ4v) is 4.28. The zero-order chi connectivity index (χ0) is 25.1. The van der Waals surface area contributed by atoms with E-state index in [4.69, 9.17) is 23.2 Å². The van der Waals surface area contributed by atoms with E-state index in [2.05, 4.69) is 20.2 Å². The summed E-state index contributed by atoms with van der Waals surface area (Å²) in [6.07, 6.45) is 1.48. The number of benzene rings is 2. The quantitative estimate of drug-likeness (QED) is 0.461. The topological polar surface area (TPSA) is 77.9 Å². The summed E-state index contributed by atoms with van der Waals surface area (Å²) in [5.74, 6) is 0.748. The molecule has 2 heterocycles. The Balaban J connectivity index is 1.63. The van der Waals surface area contributed by atoms with Crippen LogP contribution in [0, 0.1) is 0 Å². The lowest BCUT2D eigenvalue weighted by atomic mass is 9.95. The van der Waals surface area contributed by atoms with Crippen molar-refractivity contribution in [3.8, 4) is 0 Å². The second-order valence-corrected chi connectivity index (χ2v) is 9.34. The molecule has 0 atom stereocenters. The minimum absolute atomic E-state index is 0.0294. The zero-order valence-corrected chi connectivity index (χ0v) is 21.2. The number of likely N-dealkylation sites (N-methyl/N-ethyl adjacent to an activating group) is 1. The monoisotopic (exact) mass is 509 g/mol. The molecule has 0 fully saturated rings. The standard InChI is InChI=1S/C26H25Cl2N5O2/c1-32(2)22-13-19(28)12-21(26(35)31-24-9-8-18(27)15-30-24)20(22)14-23(34)16-4-6-17(7-5-16)25-29-10-11-33(25)3/h4-9,12-13,15H,10-11,14H2,1-3H3,(H,30,31,35). The number of hydrogen-bond donors (Lipinski definition) is 1. The molecule has 2 aromatic carbocycles. The number of Topliss-reactive ketones (excluding diaryl/α,β-unsaturated/α-hetero) is 1. The van der Waals surface area contributed by atoms with Gasteiger partial charge in [-0.3, -0.25) is 14.6 Å². The minimum Gasteiger partial charge on any atom is -0.377 e. The maximum atomic E-state index is 13.3. The highest BCUT2D eigenvalue weighted by atomic mass is 35.5. The summed E-state index contributed by atoms with van der Waals surface area (Å²) in [6.45, 7) is 1.66. The van der Waals surface area contributed by atoms with Crippen LogP contribution < -0.4 is 10.2 Å². The predicted octanol–water partition coefficient (Wildman–Crippen LogP) is 4.82. The maximum absolute atomic E-state index is 13.3. The lowest BCUT2D eigenvalue weighted by Gasteiger charge is -2.21. The first-order chi connectivity index (χ1) is 16.7. The average Bonchev–Trinajstić information content (AvgIpc) is 3.27. The van der Waals surface area contributed by atoms with Crippen LogP contribution in [-0.2, 0) is 6.42 Å². The van der Waals surface area contributed by atoms with E-state index in [-0.39, 0.29) is 12.2 Å². The van der Waals surface area contributed by atoms with Gasteiger partial charge in [-0.2, -0.15) is 0 Å². The van der Waals surface area contributed by atoms with Gasteiger partial charge in [-0.25, -0.2) is 4.98 Å². The molecule has 1 amide bonds. The molecule has 3 aromatic rings. The molecule has 1 aromatic heterocycles. The number of aliphatic imine (C=N–C) groups is 1. The van der Waals surface area contributed by atoms with Gasteiger partial charge in [-0.1, -0.05) is 47.5 Å². The van der Waals surface area contributed by atoms with Crippen molar-refractivity contribution < 1.29 is 9.59 Å². The number of nitrogens with zero attached hydrogens (tertiary/aromatic N) is 4. The van der Waals surface area contributed by atoms with E-state index in [0.29, 0.717) is 38.2 Å². The van der Waals surface area contributed by atoms with Gasteiger partial charge in [-0.05, 0) is 29.8 Å². The second-order valence-electron chi connectivity index (χ2n) is 8.47. The van der Waals surface area contributed by atoms with Gasteiger partial charge in [0.2, 0.25) is 0 Å². The first-order valence-corrected chi connectivity index (χ1v) is 11.8. The lowest BCUT2D eigenvalue weighted by molar-refractivity contribution is 0.0992. The number of ketones is 1.